The van der Waals surface area contributed by atoms with E-state index >= 15 is 0 Å². The molecule has 0 atom stereocenters. The average Bonchev–Trinajstić information content (AvgIpc) is 2.40. The predicted molar refractivity (Wildman–Crippen MR) is 79.4 cm³/mol. The SMILES string of the molecule is Cc1cc([N+](=O)[O-])c(Cl)cc1NCC1(O)CCCCC1. The maximum Gasteiger partial charge on any atom is 0.288 e. The van der Waals surface area contributed by atoms with Gasteiger partial charge in [-0.05, 0) is 31.4 Å². The highest BCUT2D eigenvalue weighted by Gasteiger charge is 2.29. The molecule has 1 fully saturated rings. The highest BCUT2D eigenvalue weighted by Crippen LogP contribution is 2.32. The highest BCUT2D eigenvalue weighted by atomic mass is 35.5. The lowest BCUT2D eigenvalue weighted by Gasteiger charge is -2.32. The molecule has 0 aliphatic heterocycles. The lowest BCUT2D eigenvalue weighted by Crippen LogP contribution is -2.38. The Morgan fingerprint density at radius 3 is 2.65 bits per heavy atom. The van der Waals surface area contributed by atoms with E-state index in [-0.39, 0.29) is 10.7 Å². The number of anilines is 1. The molecule has 1 aliphatic rings. The number of aliphatic hydroxyl groups is 1. The van der Waals surface area contributed by atoms with Crippen molar-refractivity contribution in [1.82, 2.24) is 0 Å². The standard InChI is InChI=1S/C14H19ClN2O3/c1-10-7-13(17(19)20)11(15)8-12(10)16-9-14(18)5-3-2-4-6-14/h7-8,16,18H,2-6,9H2,1H3. The molecular formula is C14H19ClN2O3. The first-order chi connectivity index (χ1) is 9.41. The zero-order valence-corrected chi connectivity index (χ0v) is 12.2. The van der Waals surface area contributed by atoms with Crippen LogP contribution in [0.2, 0.25) is 5.02 Å². The summed E-state index contributed by atoms with van der Waals surface area (Å²) in [6, 6.07) is 3.01. The zero-order chi connectivity index (χ0) is 14.8. The quantitative estimate of drug-likeness (QED) is 0.657. The van der Waals surface area contributed by atoms with Crippen molar-refractivity contribution >= 4 is 23.0 Å². The molecule has 0 unspecified atom stereocenters. The summed E-state index contributed by atoms with van der Waals surface area (Å²) in [7, 11) is 0. The van der Waals surface area contributed by atoms with Gasteiger partial charge >= 0.3 is 0 Å². The molecule has 0 radical (unpaired) electrons. The van der Waals surface area contributed by atoms with Crippen LogP contribution in [0, 0.1) is 17.0 Å². The van der Waals surface area contributed by atoms with Crippen LogP contribution in [0.4, 0.5) is 11.4 Å². The molecule has 0 spiro atoms. The lowest BCUT2D eigenvalue weighted by molar-refractivity contribution is -0.384. The minimum atomic E-state index is -0.682. The molecule has 1 aliphatic carbocycles. The Bertz CT molecular complexity index is 513. The number of nitro benzene ring substituents is 1. The minimum absolute atomic E-state index is 0.0916. The topological polar surface area (TPSA) is 75.4 Å². The molecule has 2 rings (SSSR count). The van der Waals surface area contributed by atoms with Crippen LogP contribution < -0.4 is 5.32 Å². The first-order valence-corrected chi connectivity index (χ1v) is 7.20. The summed E-state index contributed by atoms with van der Waals surface area (Å²) in [5, 5.41) is 24.5. The van der Waals surface area contributed by atoms with Gasteiger partial charge in [-0.25, -0.2) is 0 Å². The number of rotatable bonds is 4. The molecule has 0 amide bonds. The van der Waals surface area contributed by atoms with Crippen LogP contribution in [0.1, 0.15) is 37.7 Å². The van der Waals surface area contributed by atoms with Crippen LogP contribution in [0.3, 0.4) is 0 Å². The predicted octanol–water partition coefficient (Wildman–Crippen LogP) is 3.66. The van der Waals surface area contributed by atoms with Gasteiger partial charge in [-0.15, -0.1) is 0 Å². The van der Waals surface area contributed by atoms with Gasteiger partial charge in [0.2, 0.25) is 0 Å². The van der Waals surface area contributed by atoms with Gasteiger partial charge < -0.3 is 10.4 Å². The second-order valence-corrected chi connectivity index (χ2v) is 5.92. The molecule has 1 aromatic rings. The first kappa shape index (κ1) is 15.1. The number of nitrogens with zero attached hydrogens (tertiary/aromatic N) is 1. The summed E-state index contributed by atoms with van der Waals surface area (Å²) >= 11 is 5.91. The normalized spacial score (nSPS) is 17.8. The van der Waals surface area contributed by atoms with Gasteiger partial charge in [0.15, 0.2) is 0 Å². The van der Waals surface area contributed by atoms with Gasteiger partial charge in [-0.1, -0.05) is 30.9 Å². The van der Waals surface area contributed by atoms with Gasteiger partial charge in [-0.3, -0.25) is 10.1 Å². The third-order valence-electron chi connectivity index (χ3n) is 3.88. The fourth-order valence-corrected chi connectivity index (χ4v) is 2.88. The van der Waals surface area contributed by atoms with E-state index in [9.17, 15) is 15.2 Å². The second kappa shape index (κ2) is 5.97. The Labute approximate surface area is 123 Å². The van der Waals surface area contributed by atoms with Crippen molar-refractivity contribution in [3.05, 3.63) is 32.8 Å². The van der Waals surface area contributed by atoms with Crippen molar-refractivity contribution in [2.24, 2.45) is 0 Å². The van der Waals surface area contributed by atoms with Gasteiger partial charge in [0.05, 0.1) is 10.5 Å². The number of nitrogens with one attached hydrogen (secondary N) is 1. The van der Waals surface area contributed by atoms with Crippen molar-refractivity contribution in [1.29, 1.82) is 0 Å². The Hall–Kier alpha value is -1.33. The maximum absolute atomic E-state index is 10.8. The molecule has 1 saturated carbocycles. The molecule has 0 saturated heterocycles. The van der Waals surface area contributed by atoms with E-state index in [2.05, 4.69) is 5.32 Å². The molecule has 110 valence electrons. The summed E-state index contributed by atoms with van der Waals surface area (Å²) in [5.41, 5.74) is 0.713. The third-order valence-corrected chi connectivity index (χ3v) is 4.19. The summed E-state index contributed by atoms with van der Waals surface area (Å²) in [6.07, 6.45) is 4.83. The van der Waals surface area contributed by atoms with Crippen molar-refractivity contribution in [2.75, 3.05) is 11.9 Å². The van der Waals surface area contributed by atoms with Gasteiger partial charge in [0.1, 0.15) is 5.02 Å². The molecular weight excluding hydrogens is 280 g/mol. The van der Waals surface area contributed by atoms with E-state index < -0.39 is 10.5 Å². The van der Waals surface area contributed by atoms with Crippen LogP contribution >= 0.6 is 11.6 Å². The van der Waals surface area contributed by atoms with Crippen LogP contribution in [-0.2, 0) is 0 Å². The monoisotopic (exact) mass is 298 g/mol. The van der Waals surface area contributed by atoms with Crippen LogP contribution in [0.5, 0.6) is 0 Å². The molecule has 20 heavy (non-hydrogen) atoms. The molecule has 0 aromatic heterocycles. The van der Waals surface area contributed by atoms with E-state index in [0.717, 1.165) is 36.9 Å². The zero-order valence-electron chi connectivity index (χ0n) is 11.5. The van der Waals surface area contributed by atoms with Crippen LogP contribution in [0.25, 0.3) is 0 Å². The summed E-state index contributed by atoms with van der Waals surface area (Å²) in [5.74, 6) is 0. The third kappa shape index (κ3) is 3.41. The number of hydrogen-bond acceptors (Lipinski definition) is 4. The van der Waals surface area contributed by atoms with Crippen molar-refractivity contribution < 1.29 is 10.0 Å². The summed E-state index contributed by atoms with van der Waals surface area (Å²) < 4.78 is 0. The molecule has 1 aromatic carbocycles. The van der Waals surface area contributed by atoms with Crippen molar-refractivity contribution in [3.63, 3.8) is 0 Å². The number of hydrogen-bond donors (Lipinski definition) is 2. The van der Waals surface area contributed by atoms with Crippen LogP contribution in [0.15, 0.2) is 12.1 Å². The number of aryl methyl sites for hydroxylation is 1. The Morgan fingerprint density at radius 1 is 1.40 bits per heavy atom. The fourth-order valence-electron chi connectivity index (χ4n) is 2.64. The molecule has 2 N–H and O–H groups in total. The smallest absolute Gasteiger partial charge is 0.288 e. The number of benzene rings is 1. The molecule has 6 heteroatoms. The summed E-state index contributed by atoms with van der Waals surface area (Å²) in [4.78, 5) is 10.3. The minimum Gasteiger partial charge on any atom is -0.388 e. The van der Waals surface area contributed by atoms with Gasteiger partial charge in [0.25, 0.3) is 5.69 Å². The van der Waals surface area contributed by atoms with E-state index in [1.807, 2.05) is 0 Å². The lowest BCUT2D eigenvalue weighted by atomic mass is 9.85. The van der Waals surface area contributed by atoms with Crippen molar-refractivity contribution in [3.8, 4) is 0 Å². The van der Waals surface area contributed by atoms with Gasteiger partial charge in [-0.2, -0.15) is 0 Å². The molecule has 5 nitrogen and oxygen atoms in total. The Balaban J connectivity index is 2.10. The van der Waals surface area contributed by atoms with E-state index in [1.54, 1.807) is 13.0 Å². The molecule has 0 bridgehead atoms. The fraction of sp³-hybridized carbons (Fsp3) is 0.571. The maximum atomic E-state index is 10.8. The Morgan fingerprint density at radius 2 is 2.05 bits per heavy atom. The number of nitro groups is 1. The number of halogens is 1. The molecule has 0 heterocycles. The van der Waals surface area contributed by atoms with E-state index in [0.29, 0.717) is 6.54 Å². The van der Waals surface area contributed by atoms with E-state index in [1.165, 1.54) is 12.5 Å². The van der Waals surface area contributed by atoms with E-state index in [4.69, 9.17) is 11.6 Å². The summed E-state index contributed by atoms with van der Waals surface area (Å²) in [6.45, 7) is 2.23. The second-order valence-electron chi connectivity index (χ2n) is 5.51. The highest BCUT2D eigenvalue weighted by molar-refractivity contribution is 6.33. The average molecular weight is 299 g/mol. The van der Waals surface area contributed by atoms with Gasteiger partial charge in [0, 0.05) is 18.3 Å². The largest absolute Gasteiger partial charge is 0.388 e. The Kier molecular flexibility index (Phi) is 4.50. The first-order valence-electron chi connectivity index (χ1n) is 6.82. The van der Waals surface area contributed by atoms with Crippen molar-refractivity contribution in [2.45, 2.75) is 44.6 Å². The van der Waals surface area contributed by atoms with Crippen LogP contribution in [-0.4, -0.2) is 22.2 Å².